The van der Waals surface area contributed by atoms with Gasteiger partial charge in [-0.25, -0.2) is 4.79 Å². The van der Waals surface area contributed by atoms with E-state index in [9.17, 15) is 4.79 Å². The Labute approximate surface area is 101 Å². The van der Waals surface area contributed by atoms with Gasteiger partial charge in [0.15, 0.2) is 5.69 Å². The van der Waals surface area contributed by atoms with Crippen LogP contribution in [-0.4, -0.2) is 21.9 Å². The van der Waals surface area contributed by atoms with Crippen LogP contribution in [-0.2, 0) is 11.8 Å². The van der Waals surface area contributed by atoms with Crippen molar-refractivity contribution >= 4 is 11.7 Å². The maximum Gasteiger partial charge on any atom is 0.361 e. The number of nitrogens with zero attached hydrogens (tertiary/aromatic N) is 2. The molecule has 1 aliphatic rings. The average Bonchev–Trinajstić information content (AvgIpc) is 2.61. The SMILES string of the molecule is CC1CCC(OC(=O)c2nn(C)cc2N)CC1. The van der Waals surface area contributed by atoms with Crippen LogP contribution in [0.1, 0.15) is 43.1 Å². The molecule has 5 nitrogen and oxygen atoms in total. The number of carbonyl (C=O) groups is 1. The first-order valence-electron chi connectivity index (χ1n) is 6.06. The van der Waals surface area contributed by atoms with Gasteiger partial charge >= 0.3 is 5.97 Å². The number of aryl methyl sites for hydroxylation is 1. The van der Waals surface area contributed by atoms with E-state index < -0.39 is 5.97 Å². The quantitative estimate of drug-likeness (QED) is 0.795. The molecule has 0 radical (unpaired) electrons. The number of aromatic nitrogens is 2. The first-order chi connectivity index (χ1) is 8.06. The van der Waals surface area contributed by atoms with E-state index in [0.717, 1.165) is 31.6 Å². The predicted octanol–water partition coefficient (Wildman–Crippen LogP) is 1.74. The minimum atomic E-state index is -0.400. The van der Waals surface area contributed by atoms with Crippen molar-refractivity contribution in [2.75, 3.05) is 5.73 Å². The normalized spacial score (nSPS) is 24.6. The lowest BCUT2D eigenvalue weighted by Gasteiger charge is -2.25. The summed E-state index contributed by atoms with van der Waals surface area (Å²) >= 11 is 0. The maximum atomic E-state index is 11.9. The number of carbonyl (C=O) groups excluding carboxylic acids is 1. The van der Waals surface area contributed by atoms with E-state index in [-0.39, 0.29) is 11.8 Å². The van der Waals surface area contributed by atoms with Crippen molar-refractivity contribution in [3.63, 3.8) is 0 Å². The Balaban J connectivity index is 1.95. The van der Waals surface area contributed by atoms with Gasteiger partial charge in [-0.05, 0) is 31.6 Å². The molecule has 1 heterocycles. The Morgan fingerprint density at radius 3 is 2.65 bits per heavy atom. The molecule has 0 aromatic carbocycles. The Hall–Kier alpha value is -1.52. The van der Waals surface area contributed by atoms with Crippen molar-refractivity contribution in [3.05, 3.63) is 11.9 Å². The van der Waals surface area contributed by atoms with Gasteiger partial charge in [0, 0.05) is 13.2 Å². The lowest BCUT2D eigenvalue weighted by atomic mass is 9.89. The van der Waals surface area contributed by atoms with Gasteiger partial charge in [0.25, 0.3) is 0 Å². The zero-order chi connectivity index (χ0) is 12.4. The number of anilines is 1. The summed E-state index contributed by atoms with van der Waals surface area (Å²) < 4.78 is 6.95. The van der Waals surface area contributed by atoms with Crippen molar-refractivity contribution in [1.29, 1.82) is 0 Å². The average molecular weight is 237 g/mol. The van der Waals surface area contributed by atoms with Gasteiger partial charge in [-0.3, -0.25) is 4.68 Å². The molecule has 1 saturated carbocycles. The molecule has 17 heavy (non-hydrogen) atoms. The van der Waals surface area contributed by atoms with Crippen LogP contribution in [0, 0.1) is 5.92 Å². The largest absolute Gasteiger partial charge is 0.458 e. The standard InChI is InChI=1S/C12H19N3O2/c1-8-3-5-9(6-4-8)17-12(16)11-10(13)7-15(2)14-11/h7-9H,3-6,13H2,1-2H3. The van der Waals surface area contributed by atoms with Gasteiger partial charge in [-0.15, -0.1) is 0 Å². The molecule has 1 aromatic heterocycles. The highest BCUT2D eigenvalue weighted by molar-refractivity contribution is 5.92. The molecule has 0 aliphatic heterocycles. The van der Waals surface area contributed by atoms with Gasteiger partial charge in [0.05, 0.1) is 5.69 Å². The van der Waals surface area contributed by atoms with Crippen LogP contribution < -0.4 is 5.73 Å². The number of nitrogens with two attached hydrogens (primary N) is 1. The molecule has 2 N–H and O–H groups in total. The second-order valence-corrected chi connectivity index (χ2v) is 4.89. The highest BCUT2D eigenvalue weighted by Crippen LogP contribution is 2.26. The zero-order valence-electron chi connectivity index (χ0n) is 10.3. The molecular weight excluding hydrogens is 218 g/mol. The van der Waals surface area contributed by atoms with Gasteiger partial charge < -0.3 is 10.5 Å². The number of ether oxygens (including phenoxy) is 1. The van der Waals surface area contributed by atoms with E-state index in [1.165, 1.54) is 4.68 Å². The molecule has 1 aliphatic carbocycles. The number of hydrogen-bond acceptors (Lipinski definition) is 4. The van der Waals surface area contributed by atoms with Gasteiger partial charge in [0.1, 0.15) is 6.10 Å². The molecule has 2 rings (SSSR count). The third kappa shape index (κ3) is 2.78. The van der Waals surface area contributed by atoms with Gasteiger partial charge in [0.2, 0.25) is 0 Å². The first-order valence-corrected chi connectivity index (χ1v) is 6.06. The summed E-state index contributed by atoms with van der Waals surface area (Å²) in [5, 5.41) is 4.01. The summed E-state index contributed by atoms with van der Waals surface area (Å²) in [6, 6.07) is 0. The van der Waals surface area contributed by atoms with Crippen LogP contribution in [0.5, 0.6) is 0 Å². The molecule has 0 atom stereocenters. The van der Waals surface area contributed by atoms with Crippen LogP contribution in [0.3, 0.4) is 0 Å². The fourth-order valence-electron chi connectivity index (χ4n) is 2.22. The smallest absolute Gasteiger partial charge is 0.361 e. The Bertz CT molecular complexity index is 406. The molecule has 94 valence electrons. The number of esters is 1. The van der Waals surface area contributed by atoms with Crippen LogP contribution in [0.4, 0.5) is 5.69 Å². The number of hydrogen-bond donors (Lipinski definition) is 1. The van der Waals surface area contributed by atoms with E-state index in [1.54, 1.807) is 13.2 Å². The second-order valence-electron chi connectivity index (χ2n) is 4.89. The summed E-state index contributed by atoms with van der Waals surface area (Å²) in [6.45, 7) is 2.23. The lowest BCUT2D eigenvalue weighted by Crippen LogP contribution is -2.24. The van der Waals surface area contributed by atoms with Crippen molar-refractivity contribution in [1.82, 2.24) is 9.78 Å². The third-order valence-electron chi connectivity index (χ3n) is 3.29. The fourth-order valence-corrected chi connectivity index (χ4v) is 2.22. The second kappa shape index (κ2) is 4.77. The molecule has 0 saturated heterocycles. The highest BCUT2D eigenvalue weighted by Gasteiger charge is 2.24. The summed E-state index contributed by atoms with van der Waals surface area (Å²) in [5.74, 6) is 0.340. The van der Waals surface area contributed by atoms with Crippen LogP contribution in [0.15, 0.2) is 6.20 Å². The summed E-state index contributed by atoms with van der Waals surface area (Å²) in [4.78, 5) is 11.9. The predicted molar refractivity (Wildman–Crippen MR) is 64.5 cm³/mol. The number of rotatable bonds is 2. The maximum absolute atomic E-state index is 11.9. The van der Waals surface area contributed by atoms with Crippen molar-refractivity contribution in [3.8, 4) is 0 Å². The molecule has 0 spiro atoms. The summed E-state index contributed by atoms with van der Waals surface area (Å²) in [5.41, 5.74) is 6.29. The lowest BCUT2D eigenvalue weighted by molar-refractivity contribution is 0.0167. The van der Waals surface area contributed by atoms with Crippen LogP contribution in [0.2, 0.25) is 0 Å². The van der Waals surface area contributed by atoms with Crippen LogP contribution >= 0.6 is 0 Å². The molecule has 5 heteroatoms. The minimum Gasteiger partial charge on any atom is -0.458 e. The number of nitrogen functional groups attached to an aromatic ring is 1. The van der Waals surface area contributed by atoms with Crippen molar-refractivity contribution < 1.29 is 9.53 Å². The van der Waals surface area contributed by atoms with Gasteiger partial charge in [-0.1, -0.05) is 6.92 Å². The minimum absolute atomic E-state index is 0.0279. The molecule has 1 aromatic rings. The Morgan fingerprint density at radius 1 is 1.47 bits per heavy atom. The molecule has 0 bridgehead atoms. The highest BCUT2D eigenvalue weighted by atomic mass is 16.5. The topological polar surface area (TPSA) is 70.1 Å². The van der Waals surface area contributed by atoms with E-state index in [0.29, 0.717) is 5.69 Å². The third-order valence-corrected chi connectivity index (χ3v) is 3.29. The Kier molecular flexibility index (Phi) is 3.36. The Morgan fingerprint density at radius 2 is 2.12 bits per heavy atom. The van der Waals surface area contributed by atoms with Gasteiger partial charge in [-0.2, -0.15) is 5.10 Å². The summed E-state index contributed by atoms with van der Waals surface area (Å²) in [6.07, 6.45) is 5.77. The molecule has 0 amide bonds. The van der Waals surface area contributed by atoms with E-state index in [1.807, 2.05) is 0 Å². The molecule has 0 unspecified atom stereocenters. The van der Waals surface area contributed by atoms with E-state index in [4.69, 9.17) is 10.5 Å². The van der Waals surface area contributed by atoms with Crippen molar-refractivity contribution in [2.24, 2.45) is 13.0 Å². The summed E-state index contributed by atoms with van der Waals surface area (Å²) in [7, 11) is 1.73. The monoisotopic (exact) mass is 237 g/mol. The fraction of sp³-hybridized carbons (Fsp3) is 0.667. The molecule has 1 fully saturated rings. The first kappa shape index (κ1) is 12.0. The van der Waals surface area contributed by atoms with E-state index in [2.05, 4.69) is 12.0 Å². The van der Waals surface area contributed by atoms with Crippen LogP contribution in [0.25, 0.3) is 0 Å². The molecular formula is C12H19N3O2. The van der Waals surface area contributed by atoms with Crippen molar-refractivity contribution in [2.45, 2.75) is 38.7 Å². The zero-order valence-corrected chi connectivity index (χ0v) is 10.3. The van der Waals surface area contributed by atoms with E-state index >= 15 is 0 Å².